The maximum Gasteiger partial charge on any atom is 0.275 e. The number of methoxy groups -OCH3 is 1. The Balaban J connectivity index is 1.68. The first-order valence-electron chi connectivity index (χ1n) is 9.81. The van der Waals surface area contributed by atoms with Gasteiger partial charge in [0.1, 0.15) is 12.4 Å². The number of hydrogen-bond acceptors (Lipinski definition) is 5. The third kappa shape index (κ3) is 6.15. The minimum atomic E-state index is -0.372. The lowest BCUT2D eigenvalue weighted by Gasteiger charge is -2.13. The van der Waals surface area contributed by atoms with Crippen molar-refractivity contribution >= 4 is 35.3 Å². The number of carbonyl (C=O) groups is 1. The highest BCUT2D eigenvalue weighted by Crippen LogP contribution is 2.30. The van der Waals surface area contributed by atoms with Crippen molar-refractivity contribution in [1.82, 2.24) is 5.43 Å². The Kier molecular flexibility index (Phi) is 8.36. The summed E-state index contributed by atoms with van der Waals surface area (Å²) < 4.78 is 16.8. The van der Waals surface area contributed by atoms with Gasteiger partial charge in [0.15, 0.2) is 11.5 Å². The number of amides is 1. The summed E-state index contributed by atoms with van der Waals surface area (Å²) in [5.74, 6) is 1.22. The summed E-state index contributed by atoms with van der Waals surface area (Å²) in [6, 6.07) is 17.5. The molecule has 0 saturated heterocycles. The second kappa shape index (κ2) is 11.4. The fraction of sp³-hybridized carbons (Fsp3) is 0.167. The molecule has 3 aromatic carbocycles. The molecule has 0 atom stereocenters. The van der Waals surface area contributed by atoms with Crippen molar-refractivity contribution in [2.24, 2.45) is 5.10 Å². The molecule has 1 amide bonds. The number of carbonyl (C=O) groups excluding carboxylic acids is 1. The standard InChI is InChI=1S/C24H22Cl2N2O4/c1-3-31-23-12-16(14-27-28-24(29)19-6-4-5-7-21(19)30-2)8-11-22(23)32-15-17-9-10-18(25)13-20(17)26/h4-14H,3,15H2,1-2H3,(H,28,29)/b27-14-. The predicted octanol–water partition coefficient (Wildman–Crippen LogP) is 5.74. The van der Waals surface area contributed by atoms with Crippen LogP contribution in [0.4, 0.5) is 0 Å². The molecule has 3 aromatic rings. The van der Waals surface area contributed by atoms with E-state index < -0.39 is 0 Å². The summed E-state index contributed by atoms with van der Waals surface area (Å²) in [4.78, 5) is 12.3. The molecule has 0 aromatic heterocycles. The number of nitrogens with zero attached hydrogens (tertiary/aromatic N) is 1. The van der Waals surface area contributed by atoms with E-state index in [4.69, 9.17) is 37.4 Å². The average Bonchev–Trinajstić information content (AvgIpc) is 2.79. The summed E-state index contributed by atoms with van der Waals surface area (Å²) in [5.41, 5.74) is 4.43. The van der Waals surface area contributed by atoms with Gasteiger partial charge in [0.25, 0.3) is 5.91 Å². The number of hydrazone groups is 1. The highest BCUT2D eigenvalue weighted by Gasteiger charge is 2.11. The van der Waals surface area contributed by atoms with Gasteiger partial charge in [-0.3, -0.25) is 4.79 Å². The monoisotopic (exact) mass is 472 g/mol. The molecular formula is C24H22Cl2N2O4. The van der Waals surface area contributed by atoms with Crippen LogP contribution in [0.15, 0.2) is 65.8 Å². The van der Waals surface area contributed by atoms with Crippen LogP contribution in [0.5, 0.6) is 17.2 Å². The molecule has 0 bridgehead atoms. The van der Waals surface area contributed by atoms with Crippen LogP contribution < -0.4 is 19.6 Å². The van der Waals surface area contributed by atoms with E-state index in [1.165, 1.54) is 13.3 Å². The molecule has 0 saturated carbocycles. The molecule has 0 radical (unpaired) electrons. The van der Waals surface area contributed by atoms with Gasteiger partial charge in [-0.05, 0) is 55.0 Å². The molecule has 6 nitrogen and oxygen atoms in total. The normalized spacial score (nSPS) is 10.8. The van der Waals surface area contributed by atoms with Gasteiger partial charge in [0.2, 0.25) is 0 Å². The Hall–Kier alpha value is -3.22. The van der Waals surface area contributed by atoms with Crippen LogP contribution in [-0.2, 0) is 6.61 Å². The number of hydrogen-bond donors (Lipinski definition) is 1. The van der Waals surface area contributed by atoms with Gasteiger partial charge in [-0.1, -0.05) is 41.4 Å². The smallest absolute Gasteiger partial charge is 0.275 e. The van der Waals surface area contributed by atoms with Gasteiger partial charge in [0, 0.05) is 15.6 Å². The fourth-order valence-electron chi connectivity index (χ4n) is 2.84. The van der Waals surface area contributed by atoms with E-state index in [0.29, 0.717) is 39.5 Å². The summed E-state index contributed by atoms with van der Waals surface area (Å²) in [7, 11) is 1.51. The topological polar surface area (TPSA) is 69.2 Å². The van der Waals surface area contributed by atoms with Crippen molar-refractivity contribution in [2.45, 2.75) is 13.5 Å². The predicted molar refractivity (Wildman–Crippen MR) is 126 cm³/mol. The zero-order chi connectivity index (χ0) is 22.9. The second-order valence-corrected chi connectivity index (χ2v) is 7.41. The van der Waals surface area contributed by atoms with Crippen molar-refractivity contribution in [3.8, 4) is 17.2 Å². The molecule has 32 heavy (non-hydrogen) atoms. The summed E-state index contributed by atoms with van der Waals surface area (Å²) in [6.07, 6.45) is 1.52. The Morgan fingerprint density at radius 3 is 2.56 bits per heavy atom. The second-order valence-electron chi connectivity index (χ2n) is 6.56. The van der Waals surface area contributed by atoms with E-state index >= 15 is 0 Å². The van der Waals surface area contributed by atoms with E-state index in [-0.39, 0.29) is 12.5 Å². The van der Waals surface area contributed by atoms with Crippen LogP contribution in [0.25, 0.3) is 0 Å². The van der Waals surface area contributed by atoms with Crippen LogP contribution in [0.3, 0.4) is 0 Å². The SMILES string of the molecule is CCOc1cc(/C=N\NC(=O)c2ccccc2OC)ccc1OCc1ccc(Cl)cc1Cl. The van der Waals surface area contributed by atoms with Crippen LogP contribution in [0, 0.1) is 0 Å². The quantitative estimate of drug-likeness (QED) is 0.318. The Morgan fingerprint density at radius 2 is 1.81 bits per heavy atom. The van der Waals surface area contributed by atoms with Gasteiger partial charge in [-0.15, -0.1) is 0 Å². The first-order chi connectivity index (χ1) is 15.5. The van der Waals surface area contributed by atoms with Gasteiger partial charge in [-0.25, -0.2) is 5.43 Å². The molecule has 0 aliphatic heterocycles. The van der Waals surface area contributed by atoms with E-state index in [9.17, 15) is 4.79 Å². The number of rotatable bonds is 9. The minimum absolute atomic E-state index is 0.262. The number of ether oxygens (including phenoxy) is 3. The van der Waals surface area contributed by atoms with Crippen molar-refractivity contribution in [3.05, 3.63) is 87.4 Å². The molecular weight excluding hydrogens is 451 g/mol. The van der Waals surface area contributed by atoms with E-state index in [0.717, 1.165) is 11.1 Å². The molecule has 0 heterocycles. The van der Waals surface area contributed by atoms with Crippen molar-refractivity contribution in [2.75, 3.05) is 13.7 Å². The zero-order valence-corrected chi connectivity index (χ0v) is 19.1. The van der Waals surface area contributed by atoms with Crippen molar-refractivity contribution in [1.29, 1.82) is 0 Å². The van der Waals surface area contributed by atoms with Crippen LogP contribution in [-0.4, -0.2) is 25.8 Å². The molecule has 8 heteroatoms. The van der Waals surface area contributed by atoms with Crippen LogP contribution >= 0.6 is 23.2 Å². The Morgan fingerprint density at radius 1 is 1.00 bits per heavy atom. The molecule has 166 valence electrons. The molecule has 3 rings (SSSR count). The molecule has 0 aliphatic rings. The van der Waals surface area contributed by atoms with Crippen LogP contribution in [0.2, 0.25) is 10.0 Å². The van der Waals surface area contributed by atoms with Crippen molar-refractivity contribution in [3.63, 3.8) is 0 Å². The maximum atomic E-state index is 12.3. The van der Waals surface area contributed by atoms with Gasteiger partial charge >= 0.3 is 0 Å². The number of benzene rings is 3. The Bertz CT molecular complexity index is 1120. The van der Waals surface area contributed by atoms with E-state index in [1.54, 1.807) is 54.6 Å². The van der Waals surface area contributed by atoms with E-state index in [2.05, 4.69) is 10.5 Å². The number of nitrogens with one attached hydrogen (secondary N) is 1. The molecule has 0 unspecified atom stereocenters. The summed E-state index contributed by atoms with van der Waals surface area (Å²) >= 11 is 12.2. The van der Waals surface area contributed by atoms with Gasteiger partial charge in [0.05, 0.1) is 25.5 Å². The molecule has 1 N–H and O–H groups in total. The highest BCUT2D eigenvalue weighted by atomic mass is 35.5. The average molecular weight is 473 g/mol. The Labute approximate surface area is 196 Å². The highest BCUT2D eigenvalue weighted by molar-refractivity contribution is 6.35. The summed E-state index contributed by atoms with van der Waals surface area (Å²) in [5, 5.41) is 5.13. The third-order valence-corrected chi connectivity index (χ3v) is 4.98. The maximum absolute atomic E-state index is 12.3. The lowest BCUT2D eigenvalue weighted by molar-refractivity contribution is 0.0952. The molecule has 0 spiro atoms. The number of para-hydroxylation sites is 1. The first kappa shape index (κ1) is 23.4. The third-order valence-electron chi connectivity index (χ3n) is 4.40. The van der Waals surface area contributed by atoms with E-state index in [1.807, 2.05) is 13.0 Å². The van der Waals surface area contributed by atoms with Crippen LogP contribution in [0.1, 0.15) is 28.4 Å². The van der Waals surface area contributed by atoms with Crippen molar-refractivity contribution < 1.29 is 19.0 Å². The molecule has 0 aliphatic carbocycles. The zero-order valence-electron chi connectivity index (χ0n) is 17.6. The largest absolute Gasteiger partial charge is 0.496 e. The lowest BCUT2D eigenvalue weighted by Crippen LogP contribution is -2.18. The first-order valence-corrected chi connectivity index (χ1v) is 10.6. The minimum Gasteiger partial charge on any atom is -0.496 e. The summed E-state index contributed by atoms with van der Waals surface area (Å²) in [6.45, 7) is 2.61. The molecule has 0 fully saturated rings. The van der Waals surface area contributed by atoms with Gasteiger partial charge in [-0.2, -0.15) is 5.10 Å². The number of halogens is 2. The van der Waals surface area contributed by atoms with Gasteiger partial charge < -0.3 is 14.2 Å². The fourth-order valence-corrected chi connectivity index (χ4v) is 3.31. The lowest BCUT2D eigenvalue weighted by atomic mass is 10.2.